The van der Waals surface area contributed by atoms with Gasteiger partial charge in [-0.05, 0) is 37.1 Å². The van der Waals surface area contributed by atoms with Crippen molar-refractivity contribution in [1.29, 1.82) is 0 Å². The summed E-state index contributed by atoms with van der Waals surface area (Å²) in [5, 5.41) is 11.1. The third-order valence-corrected chi connectivity index (χ3v) is 3.08. The van der Waals surface area contributed by atoms with Gasteiger partial charge in [0, 0.05) is 12.1 Å². The van der Waals surface area contributed by atoms with Crippen LogP contribution in [0.3, 0.4) is 0 Å². The maximum atomic E-state index is 11.1. The van der Waals surface area contributed by atoms with Gasteiger partial charge in [-0.2, -0.15) is 0 Å². The number of nitrogens with zero attached hydrogens (tertiary/aromatic N) is 2. The highest BCUT2D eigenvalue weighted by Gasteiger charge is 2.16. The SMILES string of the molecule is CCc1ccc(Oc2ccc([C@H](C)N)nc2)c([N+](=O)[O-])c1. The molecule has 0 bridgehead atoms. The van der Waals surface area contributed by atoms with E-state index in [1.165, 1.54) is 12.3 Å². The predicted molar refractivity (Wildman–Crippen MR) is 79.4 cm³/mol. The van der Waals surface area contributed by atoms with E-state index in [2.05, 4.69) is 4.98 Å². The van der Waals surface area contributed by atoms with Gasteiger partial charge in [0.05, 0.1) is 16.8 Å². The molecule has 0 radical (unpaired) electrons. The molecule has 2 N–H and O–H groups in total. The molecule has 21 heavy (non-hydrogen) atoms. The van der Waals surface area contributed by atoms with Crippen molar-refractivity contribution in [3.05, 3.63) is 57.9 Å². The highest BCUT2D eigenvalue weighted by atomic mass is 16.6. The minimum Gasteiger partial charge on any atom is -0.449 e. The van der Waals surface area contributed by atoms with Gasteiger partial charge in [0.1, 0.15) is 5.75 Å². The molecule has 0 amide bonds. The first-order valence-electron chi connectivity index (χ1n) is 6.68. The van der Waals surface area contributed by atoms with Gasteiger partial charge in [-0.15, -0.1) is 0 Å². The Kier molecular flexibility index (Phi) is 4.49. The normalized spacial score (nSPS) is 12.0. The summed E-state index contributed by atoms with van der Waals surface area (Å²) in [5.74, 6) is 0.638. The quantitative estimate of drug-likeness (QED) is 0.672. The molecule has 0 aliphatic heterocycles. The van der Waals surface area contributed by atoms with Gasteiger partial charge in [0.15, 0.2) is 0 Å². The van der Waals surface area contributed by atoms with Gasteiger partial charge >= 0.3 is 5.69 Å². The fraction of sp³-hybridized carbons (Fsp3) is 0.267. The van der Waals surface area contributed by atoms with Crippen molar-refractivity contribution in [2.24, 2.45) is 5.73 Å². The maximum Gasteiger partial charge on any atom is 0.311 e. The Bertz CT molecular complexity index is 639. The van der Waals surface area contributed by atoms with Crippen LogP contribution in [-0.2, 0) is 6.42 Å². The molecule has 0 fully saturated rings. The molecule has 0 unspecified atom stereocenters. The van der Waals surface area contributed by atoms with Gasteiger partial charge in [0.25, 0.3) is 0 Å². The largest absolute Gasteiger partial charge is 0.449 e. The van der Waals surface area contributed by atoms with E-state index in [1.54, 1.807) is 18.2 Å². The second kappa shape index (κ2) is 6.32. The number of aryl methyl sites for hydroxylation is 1. The average Bonchev–Trinajstić information content (AvgIpc) is 2.48. The van der Waals surface area contributed by atoms with Crippen LogP contribution in [0.4, 0.5) is 5.69 Å². The molecular weight excluding hydrogens is 270 g/mol. The number of nitro groups is 1. The first-order valence-corrected chi connectivity index (χ1v) is 6.68. The Morgan fingerprint density at radius 3 is 2.67 bits per heavy atom. The monoisotopic (exact) mass is 287 g/mol. The summed E-state index contributed by atoms with van der Waals surface area (Å²) in [7, 11) is 0. The van der Waals surface area contributed by atoms with Crippen LogP contribution >= 0.6 is 0 Å². The molecule has 6 nitrogen and oxygen atoms in total. The van der Waals surface area contributed by atoms with Crippen molar-refractivity contribution >= 4 is 5.69 Å². The van der Waals surface area contributed by atoms with Crippen LogP contribution in [0, 0.1) is 10.1 Å². The zero-order valence-corrected chi connectivity index (χ0v) is 11.9. The van der Waals surface area contributed by atoms with Crippen LogP contribution in [0.15, 0.2) is 36.5 Å². The van der Waals surface area contributed by atoms with Crippen LogP contribution in [0.1, 0.15) is 31.1 Å². The summed E-state index contributed by atoms with van der Waals surface area (Å²) < 4.78 is 5.56. The number of nitro benzene ring substituents is 1. The number of hydrogen-bond donors (Lipinski definition) is 1. The van der Waals surface area contributed by atoms with Crippen LogP contribution in [0.2, 0.25) is 0 Å². The van der Waals surface area contributed by atoms with Crippen LogP contribution in [0.25, 0.3) is 0 Å². The zero-order valence-electron chi connectivity index (χ0n) is 11.9. The van der Waals surface area contributed by atoms with E-state index in [-0.39, 0.29) is 17.5 Å². The molecule has 0 aliphatic rings. The highest BCUT2D eigenvalue weighted by molar-refractivity contribution is 5.50. The lowest BCUT2D eigenvalue weighted by atomic mass is 10.1. The summed E-state index contributed by atoms with van der Waals surface area (Å²) >= 11 is 0. The summed E-state index contributed by atoms with van der Waals surface area (Å²) in [6, 6.07) is 8.22. The lowest BCUT2D eigenvalue weighted by Gasteiger charge is -2.09. The minimum atomic E-state index is -0.446. The Labute approximate surface area is 122 Å². The van der Waals surface area contributed by atoms with Crippen LogP contribution < -0.4 is 10.5 Å². The summed E-state index contributed by atoms with van der Waals surface area (Å²) in [4.78, 5) is 14.8. The Hall–Kier alpha value is -2.47. The summed E-state index contributed by atoms with van der Waals surface area (Å²) in [5.41, 5.74) is 7.29. The van der Waals surface area contributed by atoms with Crippen molar-refractivity contribution in [2.75, 3.05) is 0 Å². The second-order valence-electron chi connectivity index (χ2n) is 4.72. The summed E-state index contributed by atoms with van der Waals surface area (Å²) in [6.07, 6.45) is 2.24. The third kappa shape index (κ3) is 3.55. The molecule has 6 heteroatoms. The van der Waals surface area contributed by atoms with E-state index in [4.69, 9.17) is 10.5 Å². The number of rotatable bonds is 5. The number of ether oxygens (including phenoxy) is 1. The van der Waals surface area contributed by atoms with Crippen molar-refractivity contribution < 1.29 is 9.66 Å². The Morgan fingerprint density at radius 1 is 1.38 bits per heavy atom. The molecule has 1 heterocycles. The number of benzene rings is 1. The standard InChI is InChI=1S/C15H17N3O3/c1-3-11-4-7-15(14(8-11)18(19)20)21-12-5-6-13(10(2)16)17-9-12/h4-10H,3,16H2,1-2H3/t10-/m0/s1. The van der Waals surface area contributed by atoms with Crippen molar-refractivity contribution in [2.45, 2.75) is 26.3 Å². The van der Waals surface area contributed by atoms with E-state index < -0.39 is 4.92 Å². The van der Waals surface area contributed by atoms with E-state index >= 15 is 0 Å². The molecule has 110 valence electrons. The zero-order chi connectivity index (χ0) is 15.4. The lowest BCUT2D eigenvalue weighted by Crippen LogP contribution is -2.06. The fourth-order valence-corrected chi connectivity index (χ4v) is 1.86. The van der Waals surface area contributed by atoms with Gasteiger partial charge in [-0.25, -0.2) is 0 Å². The Morgan fingerprint density at radius 2 is 2.14 bits per heavy atom. The predicted octanol–water partition coefficient (Wildman–Crippen LogP) is 3.36. The van der Waals surface area contributed by atoms with Crippen molar-refractivity contribution in [3.63, 3.8) is 0 Å². The smallest absolute Gasteiger partial charge is 0.311 e. The third-order valence-electron chi connectivity index (χ3n) is 3.08. The lowest BCUT2D eigenvalue weighted by molar-refractivity contribution is -0.385. The molecular formula is C15H17N3O3. The van der Waals surface area contributed by atoms with Crippen molar-refractivity contribution in [3.8, 4) is 11.5 Å². The molecule has 0 aliphatic carbocycles. The van der Waals surface area contributed by atoms with E-state index in [9.17, 15) is 10.1 Å². The first kappa shape index (κ1) is 14.9. The summed E-state index contributed by atoms with van der Waals surface area (Å²) in [6.45, 7) is 3.77. The molecule has 1 atom stereocenters. The molecule has 1 aromatic carbocycles. The van der Waals surface area contributed by atoms with Gasteiger partial charge < -0.3 is 10.5 Å². The fourth-order valence-electron chi connectivity index (χ4n) is 1.86. The van der Waals surface area contributed by atoms with Crippen LogP contribution in [-0.4, -0.2) is 9.91 Å². The molecule has 1 aromatic heterocycles. The maximum absolute atomic E-state index is 11.1. The topological polar surface area (TPSA) is 91.3 Å². The van der Waals surface area contributed by atoms with Crippen LogP contribution in [0.5, 0.6) is 11.5 Å². The molecule has 0 saturated heterocycles. The van der Waals surface area contributed by atoms with Crippen molar-refractivity contribution in [1.82, 2.24) is 4.98 Å². The minimum absolute atomic E-state index is 0.0504. The number of pyridine rings is 1. The number of nitrogens with two attached hydrogens (primary N) is 1. The number of hydrogen-bond acceptors (Lipinski definition) is 5. The average molecular weight is 287 g/mol. The molecule has 2 aromatic rings. The second-order valence-corrected chi connectivity index (χ2v) is 4.72. The van der Waals surface area contributed by atoms with Gasteiger partial charge in [-0.1, -0.05) is 13.0 Å². The number of aromatic nitrogens is 1. The van der Waals surface area contributed by atoms with Gasteiger partial charge in [-0.3, -0.25) is 15.1 Å². The van der Waals surface area contributed by atoms with E-state index in [0.29, 0.717) is 5.75 Å². The first-order chi connectivity index (χ1) is 10.0. The molecule has 0 saturated carbocycles. The highest BCUT2D eigenvalue weighted by Crippen LogP contribution is 2.32. The molecule has 0 spiro atoms. The van der Waals surface area contributed by atoms with E-state index in [1.807, 2.05) is 19.9 Å². The van der Waals surface area contributed by atoms with Gasteiger partial charge in [0.2, 0.25) is 5.75 Å². The Balaban J connectivity index is 2.28. The molecule has 2 rings (SSSR count). The van der Waals surface area contributed by atoms with E-state index in [0.717, 1.165) is 17.7 Å².